The van der Waals surface area contributed by atoms with Crippen molar-refractivity contribution in [2.75, 3.05) is 7.11 Å². The molecule has 3 aromatic rings. The molecule has 1 heterocycles. The minimum Gasteiger partial charge on any atom is -0.467 e. The number of rotatable bonds is 6. The maximum Gasteiger partial charge on any atom is 0.328 e. The van der Waals surface area contributed by atoms with E-state index in [4.69, 9.17) is 4.74 Å². The third-order valence-electron chi connectivity index (χ3n) is 4.18. The van der Waals surface area contributed by atoms with Crippen LogP contribution in [-0.2, 0) is 20.7 Å². The molecule has 0 aliphatic heterocycles. The van der Waals surface area contributed by atoms with E-state index in [1.807, 2.05) is 30.5 Å². The molecular weight excluding hydrogens is 347 g/mol. The van der Waals surface area contributed by atoms with Gasteiger partial charge in [-0.15, -0.1) is 0 Å². The van der Waals surface area contributed by atoms with Crippen molar-refractivity contribution in [2.24, 2.45) is 0 Å². The van der Waals surface area contributed by atoms with E-state index in [0.29, 0.717) is 5.56 Å². The predicted molar refractivity (Wildman–Crippen MR) is 101 cm³/mol. The zero-order chi connectivity index (χ0) is 19.2. The number of nitrogens with one attached hydrogen (secondary N) is 2. The second kappa shape index (κ2) is 8.31. The molecule has 1 aromatic heterocycles. The van der Waals surface area contributed by atoms with Gasteiger partial charge in [0.25, 0.3) is 0 Å². The number of ether oxygens (including phenoxy) is 1. The lowest BCUT2D eigenvalue weighted by atomic mass is 10.0. The Morgan fingerprint density at radius 2 is 2.04 bits per heavy atom. The molecule has 5 nitrogen and oxygen atoms in total. The molecule has 1 atom stereocenters. The van der Waals surface area contributed by atoms with Crippen LogP contribution in [0.15, 0.2) is 60.8 Å². The Morgan fingerprint density at radius 1 is 1.22 bits per heavy atom. The molecule has 27 heavy (non-hydrogen) atoms. The third kappa shape index (κ3) is 4.61. The molecule has 6 heteroatoms. The first-order chi connectivity index (χ1) is 13.1. The standard InChI is InChI=1S/C21H19FN2O3/c1-27-21(26)19(12-15-13-23-18-8-3-2-7-17(15)18)24-20(25)10-9-14-5-4-6-16(22)11-14/h2-11,13,19,23H,12H2,1H3,(H,24,25)/t19-/m0/s1. The van der Waals surface area contributed by atoms with E-state index in [1.54, 1.807) is 12.1 Å². The first-order valence-corrected chi connectivity index (χ1v) is 8.44. The van der Waals surface area contributed by atoms with Gasteiger partial charge in [0.15, 0.2) is 0 Å². The molecule has 2 aromatic carbocycles. The molecule has 1 amide bonds. The van der Waals surface area contributed by atoms with Crippen LogP contribution in [0.25, 0.3) is 17.0 Å². The van der Waals surface area contributed by atoms with Crippen LogP contribution in [0.1, 0.15) is 11.1 Å². The SMILES string of the molecule is COC(=O)[C@H](Cc1c[nH]c2ccccc12)NC(=O)C=Cc1cccc(F)c1. The van der Waals surface area contributed by atoms with Gasteiger partial charge in [0.2, 0.25) is 5.91 Å². The van der Waals surface area contributed by atoms with Gasteiger partial charge in [-0.25, -0.2) is 9.18 Å². The van der Waals surface area contributed by atoms with Gasteiger partial charge in [0.05, 0.1) is 7.11 Å². The highest BCUT2D eigenvalue weighted by Crippen LogP contribution is 2.19. The van der Waals surface area contributed by atoms with E-state index in [0.717, 1.165) is 16.5 Å². The van der Waals surface area contributed by atoms with Crippen molar-refractivity contribution in [3.8, 4) is 0 Å². The van der Waals surface area contributed by atoms with E-state index in [9.17, 15) is 14.0 Å². The predicted octanol–water partition coefficient (Wildman–Crippen LogP) is 3.22. The molecular formula is C21H19FN2O3. The number of aromatic nitrogens is 1. The lowest BCUT2D eigenvalue weighted by molar-refractivity contribution is -0.144. The molecule has 2 N–H and O–H groups in total. The normalized spacial score (nSPS) is 12.2. The highest BCUT2D eigenvalue weighted by molar-refractivity contribution is 5.95. The van der Waals surface area contributed by atoms with Crippen LogP contribution in [0.2, 0.25) is 0 Å². The molecule has 0 fully saturated rings. The van der Waals surface area contributed by atoms with Crippen molar-refractivity contribution in [1.29, 1.82) is 0 Å². The minimum absolute atomic E-state index is 0.288. The van der Waals surface area contributed by atoms with Crippen molar-refractivity contribution in [3.05, 3.63) is 77.7 Å². The highest BCUT2D eigenvalue weighted by Gasteiger charge is 2.22. The number of esters is 1. The number of aromatic amines is 1. The number of carbonyl (C=O) groups excluding carboxylic acids is 2. The first-order valence-electron chi connectivity index (χ1n) is 8.44. The Kier molecular flexibility index (Phi) is 5.66. The number of halogens is 1. The van der Waals surface area contributed by atoms with Gasteiger partial charge in [0.1, 0.15) is 11.9 Å². The average Bonchev–Trinajstić information content (AvgIpc) is 3.08. The number of methoxy groups -OCH3 is 1. The smallest absolute Gasteiger partial charge is 0.328 e. The Hall–Kier alpha value is -3.41. The minimum atomic E-state index is -0.834. The summed E-state index contributed by atoms with van der Waals surface area (Å²) < 4.78 is 18.0. The second-order valence-corrected chi connectivity index (χ2v) is 6.04. The second-order valence-electron chi connectivity index (χ2n) is 6.04. The van der Waals surface area contributed by atoms with Crippen molar-refractivity contribution >= 4 is 28.9 Å². The number of carbonyl (C=O) groups is 2. The number of fused-ring (bicyclic) bond motifs is 1. The van der Waals surface area contributed by atoms with Crippen molar-refractivity contribution in [2.45, 2.75) is 12.5 Å². The summed E-state index contributed by atoms with van der Waals surface area (Å²) in [5.74, 6) is -1.38. The summed E-state index contributed by atoms with van der Waals surface area (Å²) in [6, 6.07) is 12.7. The van der Waals surface area contributed by atoms with Gasteiger partial charge < -0.3 is 15.0 Å². The number of hydrogen-bond acceptors (Lipinski definition) is 3. The van der Waals surface area contributed by atoms with E-state index in [2.05, 4.69) is 10.3 Å². The van der Waals surface area contributed by atoms with Gasteiger partial charge in [-0.2, -0.15) is 0 Å². The van der Waals surface area contributed by atoms with Crippen LogP contribution in [0.3, 0.4) is 0 Å². The van der Waals surface area contributed by atoms with Crippen LogP contribution >= 0.6 is 0 Å². The van der Waals surface area contributed by atoms with E-state index >= 15 is 0 Å². The lowest BCUT2D eigenvalue weighted by Gasteiger charge is -2.15. The fourth-order valence-electron chi connectivity index (χ4n) is 2.86. The van der Waals surface area contributed by atoms with E-state index in [1.165, 1.54) is 31.4 Å². The van der Waals surface area contributed by atoms with Crippen LogP contribution in [0, 0.1) is 5.82 Å². The first kappa shape index (κ1) is 18.4. The summed E-state index contributed by atoms with van der Waals surface area (Å²) >= 11 is 0. The molecule has 0 saturated heterocycles. The summed E-state index contributed by atoms with van der Waals surface area (Å²) in [5, 5.41) is 3.63. The summed E-state index contributed by atoms with van der Waals surface area (Å²) in [6.45, 7) is 0. The molecule has 138 valence electrons. The molecule has 0 radical (unpaired) electrons. The van der Waals surface area contributed by atoms with Gasteiger partial charge >= 0.3 is 5.97 Å². The highest BCUT2D eigenvalue weighted by atomic mass is 19.1. The summed E-state index contributed by atoms with van der Waals surface area (Å²) in [6.07, 6.45) is 4.85. The number of benzene rings is 2. The number of amides is 1. The fraction of sp³-hybridized carbons (Fsp3) is 0.143. The van der Waals surface area contributed by atoms with Crippen molar-refractivity contribution < 1.29 is 18.7 Å². The Balaban J connectivity index is 1.73. The Labute approximate surface area is 155 Å². The van der Waals surface area contributed by atoms with Crippen LogP contribution < -0.4 is 5.32 Å². The zero-order valence-electron chi connectivity index (χ0n) is 14.7. The summed E-state index contributed by atoms with van der Waals surface area (Å²) in [4.78, 5) is 27.5. The van der Waals surface area contributed by atoms with Crippen molar-refractivity contribution in [3.63, 3.8) is 0 Å². The fourth-order valence-corrected chi connectivity index (χ4v) is 2.86. The lowest BCUT2D eigenvalue weighted by Crippen LogP contribution is -2.42. The molecule has 3 rings (SSSR count). The Morgan fingerprint density at radius 3 is 2.81 bits per heavy atom. The van der Waals surface area contributed by atoms with Crippen LogP contribution in [0.4, 0.5) is 4.39 Å². The van der Waals surface area contributed by atoms with Crippen molar-refractivity contribution in [1.82, 2.24) is 10.3 Å². The molecule has 0 bridgehead atoms. The van der Waals surface area contributed by atoms with Crippen LogP contribution in [-0.4, -0.2) is 30.0 Å². The monoisotopic (exact) mass is 366 g/mol. The number of para-hydroxylation sites is 1. The molecule has 0 aliphatic rings. The molecule has 0 saturated carbocycles. The zero-order valence-corrected chi connectivity index (χ0v) is 14.7. The summed E-state index contributed by atoms with van der Waals surface area (Å²) in [7, 11) is 1.28. The third-order valence-corrected chi connectivity index (χ3v) is 4.18. The quantitative estimate of drug-likeness (QED) is 0.520. The number of hydrogen-bond donors (Lipinski definition) is 2. The molecule has 0 aliphatic carbocycles. The largest absolute Gasteiger partial charge is 0.467 e. The maximum atomic E-state index is 13.2. The topological polar surface area (TPSA) is 71.2 Å². The Bertz CT molecular complexity index is 994. The van der Waals surface area contributed by atoms with E-state index in [-0.39, 0.29) is 12.2 Å². The molecule has 0 unspecified atom stereocenters. The number of H-pyrrole nitrogens is 1. The van der Waals surface area contributed by atoms with Crippen LogP contribution in [0.5, 0.6) is 0 Å². The average molecular weight is 366 g/mol. The van der Waals surface area contributed by atoms with Gasteiger partial charge in [-0.05, 0) is 35.4 Å². The maximum absolute atomic E-state index is 13.2. The van der Waals surface area contributed by atoms with Gasteiger partial charge in [0, 0.05) is 29.6 Å². The van der Waals surface area contributed by atoms with Gasteiger partial charge in [-0.1, -0.05) is 30.3 Å². The molecule has 0 spiro atoms. The van der Waals surface area contributed by atoms with Gasteiger partial charge in [-0.3, -0.25) is 4.79 Å². The summed E-state index contributed by atoms with van der Waals surface area (Å²) in [5.41, 5.74) is 2.40. The van der Waals surface area contributed by atoms with E-state index < -0.39 is 17.9 Å².